The van der Waals surface area contributed by atoms with Crippen molar-refractivity contribution in [2.24, 2.45) is 0 Å². The predicted octanol–water partition coefficient (Wildman–Crippen LogP) is 7.29. The molecule has 206 valence electrons. The average molecular weight is 529 g/mol. The first kappa shape index (κ1) is 29.9. The van der Waals surface area contributed by atoms with E-state index in [0.717, 1.165) is 35.5 Å². The van der Waals surface area contributed by atoms with Gasteiger partial charge in [0.05, 0.1) is 39.6 Å². The number of carbonyl (C=O) groups excluding carboxylic acids is 1. The molecule has 0 fully saturated rings. The molecule has 0 aliphatic carbocycles. The van der Waals surface area contributed by atoms with Gasteiger partial charge in [0.2, 0.25) is 0 Å². The number of methoxy groups -OCH3 is 2. The summed E-state index contributed by atoms with van der Waals surface area (Å²) < 4.78 is 23.4. The number of ketones is 1. The molecule has 3 aromatic rings. The standard InChI is InChI=1S/C34H40O5/c1-4-9-30(35)12-8-13-33(38-25-28-15-19-31(36-2)20-16-28)24-34(23-14-27-10-6-5-7-11-27)39-26-29-17-21-32(37-3)22-18-29/h4-8,10-12,15-22,33-34H,1,9,13-14,23-26H2,2-3H3/b12-8+/t33-,34-/m0/s1. The first-order valence-electron chi connectivity index (χ1n) is 13.4. The first-order valence-corrected chi connectivity index (χ1v) is 13.4. The SMILES string of the molecule is C=CCC(=O)/C=C/C[C@@H](C[C@H](CCc1ccccc1)OCc1ccc(OC)cc1)OCc1ccc(OC)cc1. The summed E-state index contributed by atoms with van der Waals surface area (Å²) in [6.07, 6.45) is 8.45. The van der Waals surface area contributed by atoms with Crippen LogP contribution in [-0.2, 0) is 33.9 Å². The van der Waals surface area contributed by atoms with Gasteiger partial charge in [-0.25, -0.2) is 0 Å². The Morgan fingerprint density at radius 2 is 1.33 bits per heavy atom. The van der Waals surface area contributed by atoms with Gasteiger partial charge in [0.1, 0.15) is 11.5 Å². The second-order valence-electron chi connectivity index (χ2n) is 9.42. The molecule has 0 aromatic heterocycles. The minimum absolute atomic E-state index is 0.0227. The Morgan fingerprint density at radius 3 is 1.87 bits per heavy atom. The molecule has 0 saturated heterocycles. The Kier molecular flexibility index (Phi) is 13.0. The monoisotopic (exact) mass is 528 g/mol. The summed E-state index contributed by atoms with van der Waals surface area (Å²) in [6, 6.07) is 26.3. The van der Waals surface area contributed by atoms with Crippen LogP contribution in [0.1, 0.15) is 42.4 Å². The van der Waals surface area contributed by atoms with Crippen molar-refractivity contribution in [3.63, 3.8) is 0 Å². The van der Waals surface area contributed by atoms with Crippen LogP contribution in [-0.4, -0.2) is 32.2 Å². The van der Waals surface area contributed by atoms with Crippen LogP contribution in [0.25, 0.3) is 0 Å². The van der Waals surface area contributed by atoms with Crippen LogP contribution in [0.2, 0.25) is 0 Å². The third kappa shape index (κ3) is 11.3. The van der Waals surface area contributed by atoms with Crippen LogP contribution >= 0.6 is 0 Å². The van der Waals surface area contributed by atoms with E-state index in [-0.39, 0.29) is 18.0 Å². The largest absolute Gasteiger partial charge is 0.497 e. The maximum Gasteiger partial charge on any atom is 0.159 e. The molecule has 5 heteroatoms. The minimum atomic E-state index is -0.114. The highest BCUT2D eigenvalue weighted by Crippen LogP contribution is 2.21. The molecule has 0 radical (unpaired) electrons. The number of hydrogen-bond donors (Lipinski definition) is 0. The Balaban J connectivity index is 1.70. The fourth-order valence-electron chi connectivity index (χ4n) is 4.20. The molecule has 0 N–H and O–H groups in total. The summed E-state index contributed by atoms with van der Waals surface area (Å²) in [6.45, 7) is 4.61. The lowest BCUT2D eigenvalue weighted by Gasteiger charge is -2.24. The van der Waals surface area contributed by atoms with E-state index in [1.165, 1.54) is 5.56 Å². The number of benzene rings is 3. The molecule has 5 nitrogen and oxygen atoms in total. The van der Waals surface area contributed by atoms with E-state index in [4.69, 9.17) is 18.9 Å². The van der Waals surface area contributed by atoms with Crippen molar-refractivity contribution in [2.45, 2.75) is 57.5 Å². The maximum atomic E-state index is 12.0. The van der Waals surface area contributed by atoms with Crippen LogP contribution in [0.5, 0.6) is 11.5 Å². The fraction of sp³-hybridized carbons (Fsp3) is 0.324. The molecule has 0 heterocycles. The summed E-state index contributed by atoms with van der Waals surface area (Å²) in [7, 11) is 3.32. The Hall–Kier alpha value is -3.67. The third-order valence-corrected chi connectivity index (χ3v) is 6.46. The molecule has 0 unspecified atom stereocenters. The number of rotatable bonds is 18. The second-order valence-corrected chi connectivity index (χ2v) is 9.42. The summed E-state index contributed by atoms with van der Waals surface area (Å²) in [5, 5.41) is 0. The molecular formula is C34H40O5. The first-order chi connectivity index (χ1) is 19.1. The Bertz CT molecular complexity index is 1140. The highest BCUT2D eigenvalue weighted by atomic mass is 16.5. The molecule has 0 spiro atoms. The van der Waals surface area contributed by atoms with Crippen molar-refractivity contribution in [1.82, 2.24) is 0 Å². The lowest BCUT2D eigenvalue weighted by atomic mass is 10.0. The summed E-state index contributed by atoms with van der Waals surface area (Å²) in [5.74, 6) is 1.67. The molecule has 3 rings (SSSR count). The van der Waals surface area contributed by atoms with Crippen LogP contribution in [0, 0.1) is 0 Å². The maximum absolute atomic E-state index is 12.0. The van der Waals surface area contributed by atoms with Crippen molar-refractivity contribution < 1.29 is 23.7 Å². The molecule has 0 saturated carbocycles. The van der Waals surface area contributed by atoms with Gasteiger partial charge in [-0.2, -0.15) is 0 Å². The van der Waals surface area contributed by atoms with E-state index in [2.05, 4.69) is 30.8 Å². The van der Waals surface area contributed by atoms with Crippen LogP contribution in [0.3, 0.4) is 0 Å². The van der Waals surface area contributed by atoms with Gasteiger partial charge in [-0.1, -0.05) is 66.7 Å². The third-order valence-electron chi connectivity index (χ3n) is 6.46. The van der Waals surface area contributed by atoms with Gasteiger partial charge < -0.3 is 18.9 Å². The van der Waals surface area contributed by atoms with Gasteiger partial charge in [0.15, 0.2) is 5.78 Å². The molecule has 0 aliphatic rings. The fourth-order valence-corrected chi connectivity index (χ4v) is 4.20. The zero-order valence-corrected chi connectivity index (χ0v) is 23.1. The quantitative estimate of drug-likeness (QED) is 0.128. The van der Waals surface area contributed by atoms with Crippen LogP contribution in [0.4, 0.5) is 0 Å². The van der Waals surface area contributed by atoms with Crippen molar-refractivity contribution in [2.75, 3.05) is 14.2 Å². The van der Waals surface area contributed by atoms with E-state index < -0.39 is 0 Å². The van der Waals surface area contributed by atoms with E-state index in [1.807, 2.05) is 60.7 Å². The average Bonchev–Trinajstić information content (AvgIpc) is 2.98. The zero-order chi connectivity index (χ0) is 27.7. The van der Waals surface area contributed by atoms with E-state index in [9.17, 15) is 4.79 Å². The summed E-state index contributed by atoms with van der Waals surface area (Å²) >= 11 is 0. The van der Waals surface area contributed by atoms with E-state index >= 15 is 0 Å². The topological polar surface area (TPSA) is 54.0 Å². The predicted molar refractivity (Wildman–Crippen MR) is 156 cm³/mol. The number of allylic oxidation sites excluding steroid dienone is 2. The van der Waals surface area contributed by atoms with Crippen LogP contribution < -0.4 is 9.47 Å². The van der Waals surface area contributed by atoms with Crippen molar-refractivity contribution in [1.29, 1.82) is 0 Å². The number of aryl methyl sites for hydroxylation is 1. The minimum Gasteiger partial charge on any atom is -0.497 e. The van der Waals surface area contributed by atoms with Gasteiger partial charge in [0.25, 0.3) is 0 Å². The molecular weight excluding hydrogens is 488 g/mol. The van der Waals surface area contributed by atoms with Gasteiger partial charge in [-0.3, -0.25) is 4.79 Å². The normalized spacial score (nSPS) is 12.7. The number of hydrogen-bond acceptors (Lipinski definition) is 5. The van der Waals surface area contributed by atoms with Gasteiger partial charge in [-0.05, 0) is 66.3 Å². The smallest absolute Gasteiger partial charge is 0.159 e. The Labute approximate surface area is 233 Å². The zero-order valence-electron chi connectivity index (χ0n) is 23.1. The number of carbonyl (C=O) groups is 1. The molecule has 0 bridgehead atoms. The summed E-state index contributed by atoms with van der Waals surface area (Å²) in [4.78, 5) is 12.0. The van der Waals surface area contributed by atoms with E-state index in [1.54, 1.807) is 26.4 Å². The lowest BCUT2D eigenvalue weighted by Crippen LogP contribution is -2.24. The van der Waals surface area contributed by atoms with Crippen LogP contribution in [0.15, 0.2) is 104 Å². The van der Waals surface area contributed by atoms with Gasteiger partial charge >= 0.3 is 0 Å². The highest BCUT2D eigenvalue weighted by Gasteiger charge is 2.18. The molecule has 0 amide bonds. The molecule has 3 aromatic carbocycles. The summed E-state index contributed by atoms with van der Waals surface area (Å²) in [5.41, 5.74) is 3.43. The van der Waals surface area contributed by atoms with Gasteiger partial charge in [0, 0.05) is 12.8 Å². The lowest BCUT2D eigenvalue weighted by molar-refractivity contribution is -0.113. The van der Waals surface area contributed by atoms with E-state index in [0.29, 0.717) is 32.5 Å². The molecule has 39 heavy (non-hydrogen) atoms. The second kappa shape index (κ2) is 17.0. The highest BCUT2D eigenvalue weighted by molar-refractivity contribution is 5.90. The van der Waals surface area contributed by atoms with Gasteiger partial charge in [-0.15, -0.1) is 6.58 Å². The number of ether oxygens (including phenoxy) is 4. The van der Waals surface area contributed by atoms with Crippen molar-refractivity contribution in [3.8, 4) is 11.5 Å². The Morgan fingerprint density at radius 1 is 0.769 bits per heavy atom. The van der Waals surface area contributed by atoms with Crippen molar-refractivity contribution >= 4 is 5.78 Å². The molecule has 0 aliphatic heterocycles. The molecule has 2 atom stereocenters. The van der Waals surface area contributed by atoms with Crippen molar-refractivity contribution in [3.05, 3.63) is 120 Å².